The number of aromatic nitrogens is 1. The minimum Gasteiger partial charge on any atom is -0.361 e. The first-order valence-electron chi connectivity index (χ1n) is 6.42. The molecule has 0 spiro atoms. The maximum Gasteiger partial charge on any atom is 0.244 e. The van der Waals surface area contributed by atoms with Crippen molar-refractivity contribution >= 4 is 34.1 Å². The van der Waals surface area contributed by atoms with Gasteiger partial charge < -0.3 is 15.6 Å². The van der Waals surface area contributed by atoms with E-state index in [1.54, 1.807) is 6.07 Å². The molecule has 5 heteroatoms. The molecule has 0 aliphatic carbocycles. The van der Waals surface area contributed by atoms with Gasteiger partial charge in [0, 0.05) is 22.1 Å². The molecule has 19 heavy (non-hydrogen) atoms. The number of hydrogen-bond donors (Lipinski definition) is 3. The van der Waals surface area contributed by atoms with Gasteiger partial charge in [0.15, 0.2) is 0 Å². The Bertz CT molecular complexity index is 629. The second kappa shape index (κ2) is 4.54. The number of anilines is 1. The van der Waals surface area contributed by atoms with Crippen molar-refractivity contribution in [2.45, 2.75) is 25.3 Å². The Kier molecular flexibility index (Phi) is 2.99. The number of nitrogens with one attached hydrogen (secondary N) is 3. The highest BCUT2D eigenvalue weighted by molar-refractivity contribution is 6.32. The van der Waals surface area contributed by atoms with Crippen LogP contribution in [-0.2, 0) is 4.79 Å². The Morgan fingerprint density at radius 3 is 3.05 bits per heavy atom. The molecule has 1 aliphatic heterocycles. The average Bonchev–Trinajstić information content (AvgIpc) is 2.98. The van der Waals surface area contributed by atoms with E-state index in [-0.39, 0.29) is 5.91 Å². The Balaban J connectivity index is 1.92. The average molecular weight is 278 g/mol. The molecule has 1 fully saturated rings. The quantitative estimate of drug-likeness (QED) is 0.790. The van der Waals surface area contributed by atoms with Gasteiger partial charge in [-0.2, -0.15) is 0 Å². The van der Waals surface area contributed by atoms with E-state index in [9.17, 15) is 4.79 Å². The highest BCUT2D eigenvalue weighted by atomic mass is 35.5. The van der Waals surface area contributed by atoms with E-state index in [0.717, 1.165) is 36.0 Å². The Morgan fingerprint density at radius 1 is 1.47 bits per heavy atom. The molecule has 1 aromatic carbocycles. The van der Waals surface area contributed by atoms with Gasteiger partial charge in [0.1, 0.15) is 0 Å². The molecule has 100 valence electrons. The molecule has 1 saturated heterocycles. The molecular weight excluding hydrogens is 262 g/mol. The van der Waals surface area contributed by atoms with Crippen LogP contribution in [0, 0.1) is 0 Å². The van der Waals surface area contributed by atoms with Crippen LogP contribution in [0.4, 0.5) is 5.69 Å². The van der Waals surface area contributed by atoms with E-state index >= 15 is 0 Å². The summed E-state index contributed by atoms with van der Waals surface area (Å²) in [6.45, 7) is 2.83. The molecule has 3 N–H and O–H groups in total. The normalized spacial score (nSPS) is 22.8. The zero-order valence-electron chi connectivity index (χ0n) is 10.7. The number of benzene rings is 1. The molecule has 3 rings (SSSR count). The van der Waals surface area contributed by atoms with Crippen LogP contribution in [0.5, 0.6) is 0 Å². The maximum atomic E-state index is 12.4. The molecule has 4 nitrogen and oxygen atoms in total. The second-order valence-electron chi connectivity index (χ2n) is 5.21. The number of aromatic amines is 1. The summed E-state index contributed by atoms with van der Waals surface area (Å²) in [5, 5.41) is 7.82. The first-order chi connectivity index (χ1) is 9.08. The molecule has 0 bridgehead atoms. The summed E-state index contributed by atoms with van der Waals surface area (Å²) in [6.07, 6.45) is 3.72. The van der Waals surface area contributed by atoms with Crippen molar-refractivity contribution in [3.05, 3.63) is 29.4 Å². The zero-order valence-corrected chi connectivity index (χ0v) is 11.5. The number of fused-ring (bicyclic) bond motifs is 1. The van der Waals surface area contributed by atoms with Gasteiger partial charge in [-0.05, 0) is 44.5 Å². The lowest BCUT2D eigenvalue weighted by atomic mass is 9.99. The maximum absolute atomic E-state index is 12.4. The minimum absolute atomic E-state index is 0.00485. The number of hydrogen-bond acceptors (Lipinski definition) is 2. The summed E-state index contributed by atoms with van der Waals surface area (Å²) >= 11 is 6.07. The SMILES string of the molecule is C[C@]1(C(=O)Nc2cc(Cl)cc3[nH]ccc23)CCCN1. The van der Waals surface area contributed by atoms with Crippen LogP contribution in [0.15, 0.2) is 24.4 Å². The van der Waals surface area contributed by atoms with Crippen LogP contribution >= 0.6 is 11.6 Å². The van der Waals surface area contributed by atoms with Gasteiger partial charge in [0.25, 0.3) is 0 Å². The van der Waals surface area contributed by atoms with E-state index in [0.29, 0.717) is 5.02 Å². The fourth-order valence-electron chi connectivity index (χ4n) is 2.58. The highest BCUT2D eigenvalue weighted by Crippen LogP contribution is 2.29. The van der Waals surface area contributed by atoms with Crippen molar-refractivity contribution in [3.8, 4) is 0 Å². The fraction of sp³-hybridized carbons (Fsp3) is 0.357. The lowest BCUT2D eigenvalue weighted by Crippen LogP contribution is -2.47. The molecule has 2 aromatic rings. The van der Waals surface area contributed by atoms with Gasteiger partial charge in [-0.25, -0.2) is 0 Å². The number of carbonyl (C=O) groups is 1. The molecule has 0 radical (unpaired) electrons. The number of amides is 1. The smallest absolute Gasteiger partial charge is 0.244 e. The van der Waals surface area contributed by atoms with Gasteiger partial charge in [0.2, 0.25) is 5.91 Å². The predicted octanol–water partition coefficient (Wildman–Crippen LogP) is 2.90. The molecule has 1 aromatic heterocycles. The number of halogens is 1. The zero-order chi connectivity index (χ0) is 13.5. The fourth-order valence-corrected chi connectivity index (χ4v) is 2.80. The third-order valence-corrected chi connectivity index (χ3v) is 3.97. The summed E-state index contributed by atoms with van der Waals surface area (Å²) in [7, 11) is 0. The van der Waals surface area contributed by atoms with E-state index in [1.807, 2.05) is 25.3 Å². The first-order valence-corrected chi connectivity index (χ1v) is 6.79. The van der Waals surface area contributed by atoms with Crippen molar-refractivity contribution in [3.63, 3.8) is 0 Å². The van der Waals surface area contributed by atoms with E-state index in [4.69, 9.17) is 11.6 Å². The van der Waals surface area contributed by atoms with Gasteiger partial charge in [0.05, 0.1) is 11.2 Å². The van der Waals surface area contributed by atoms with Crippen molar-refractivity contribution in [2.75, 3.05) is 11.9 Å². The minimum atomic E-state index is -0.481. The number of carbonyl (C=O) groups excluding carboxylic acids is 1. The van der Waals surface area contributed by atoms with Crippen LogP contribution < -0.4 is 10.6 Å². The van der Waals surface area contributed by atoms with Crippen molar-refractivity contribution in [1.29, 1.82) is 0 Å². The molecular formula is C14H16ClN3O. The monoisotopic (exact) mass is 277 g/mol. The Labute approximate surface area is 116 Å². The van der Waals surface area contributed by atoms with Crippen LogP contribution in [0.3, 0.4) is 0 Å². The summed E-state index contributed by atoms with van der Waals surface area (Å²) < 4.78 is 0. The molecule has 2 heterocycles. The molecule has 1 aliphatic rings. The lowest BCUT2D eigenvalue weighted by molar-refractivity contribution is -0.121. The van der Waals surface area contributed by atoms with Crippen LogP contribution in [0.25, 0.3) is 10.9 Å². The molecule has 0 saturated carbocycles. The number of H-pyrrole nitrogens is 1. The van der Waals surface area contributed by atoms with Gasteiger partial charge in [-0.15, -0.1) is 0 Å². The second-order valence-corrected chi connectivity index (χ2v) is 5.65. The van der Waals surface area contributed by atoms with Crippen molar-refractivity contribution < 1.29 is 4.79 Å². The lowest BCUT2D eigenvalue weighted by Gasteiger charge is -2.23. The molecule has 1 atom stereocenters. The van der Waals surface area contributed by atoms with Gasteiger partial charge in [-0.3, -0.25) is 4.79 Å². The Morgan fingerprint density at radius 2 is 2.32 bits per heavy atom. The highest BCUT2D eigenvalue weighted by Gasteiger charge is 2.36. The van der Waals surface area contributed by atoms with Gasteiger partial charge >= 0.3 is 0 Å². The Hall–Kier alpha value is -1.52. The summed E-state index contributed by atoms with van der Waals surface area (Å²) in [5.74, 6) is -0.00485. The summed E-state index contributed by atoms with van der Waals surface area (Å²) in [4.78, 5) is 15.5. The van der Waals surface area contributed by atoms with E-state index in [1.165, 1.54) is 0 Å². The van der Waals surface area contributed by atoms with Crippen LogP contribution in [0.1, 0.15) is 19.8 Å². The van der Waals surface area contributed by atoms with E-state index in [2.05, 4.69) is 15.6 Å². The first kappa shape index (κ1) is 12.5. The van der Waals surface area contributed by atoms with Gasteiger partial charge in [-0.1, -0.05) is 11.6 Å². The number of rotatable bonds is 2. The molecule has 0 unspecified atom stereocenters. The standard InChI is InChI=1S/C14H16ClN3O/c1-14(4-2-5-17-14)13(19)18-12-8-9(15)7-11-10(12)3-6-16-11/h3,6-8,16-17H,2,4-5H2,1H3,(H,18,19)/t14-/m1/s1. The summed E-state index contributed by atoms with van der Waals surface area (Å²) in [6, 6.07) is 5.57. The topological polar surface area (TPSA) is 56.9 Å². The largest absolute Gasteiger partial charge is 0.361 e. The van der Waals surface area contributed by atoms with Crippen molar-refractivity contribution in [2.24, 2.45) is 0 Å². The third-order valence-electron chi connectivity index (χ3n) is 3.75. The van der Waals surface area contributed by atoms with Crippen molar-refractivity contribution in [1.82, 2.24) is 10.3 Å². The summed E-state index contributed by atoms with van der Waals surface area (Å²) in [5.41, 5.74) is 1.20. The predicted molar refractivity (Wildman–Crippen MR) is 77.6 cm³/mol. The van der Waals surface area contributed by atoms with E-state index < -0.39 is 5.54 Å². The van der Waals surface area contributed by atoms with Crippen LogP contribution in [-0.4, -0.2) is 23.0 Å². The van der Waals surface area contributed by atoms with Crippen LogP contribution in [0.2, 0.25) is 5.02 Å². The molecule has 1 amide bonds. The third kappa shape index (κ3) is 2.22.